The Hall–Kier alpha value is -0.780. The Bertz CT molecular complexity index is 325. The zero-order valence-electron chi connectivity index (χ0n) is 11.6. The van der Waals surface area contributed by atoms with Crippen LogP contribution in [0, 0.1) is 11.8 Å². The molecule has 0 aromatic heterocycles. The lowest BCUT2D eigenvalue weighted by molar-refractivity contribution is -0.198. The average Bonchev–Trinajstić information content (AvgIpc) is 2.66. The van der Waals surface area contributed by atoms with Crippen molar-refractivity contribution in [1.82, 2.24) is 10.6 Å². The van der Waals surface area contributed by atoms with Gasteiger partial charge < -0.3 is 10.6 Å². The smallest absolute Gasteiger partial charge is 0.353 e. The maximum atomic E-state index is 13.0. The number of nitrogens with one attached hydrogen (secondary N) is 2. The Morgan fingerprint density at radius 1 is 1.00 bits per heavy atom. The van der Waals surface area contributed by atoms with Crippen molar-refractivity contribution in [3.8, 4) is 0 Å². The van der Waals surface area contributed by atoms with Crippen LogP contribution in [0.3, 0.4) is 0 Å². The minimum absolute atomic E-state index is 0.0216. The van der Waals surface area contributed by atoms with E-state index in [4.69, 9.17) is 0 Å². The van der Waals surface area contributed by atoms with Gasteiger partial charge in [0, 0.05) is 12.0 Å². The predicted octanol–water partition coefficient (Wildman–Crippen LogP) is 2.61. The lowest BCUT2D eigenvalue weighted by Crippen LogP contribution is -2.46. The molecule has 116 valence electrons. The highest BCUT2D eigenvalue weighted by molar-refractivity contribution is 5.79. The summed E-state index contributed by atoms with van der Waals surface area (Å²) in [6, 6.07) is 0.0216. The van der Waals surface area contributed by atoms with Crippen molar-refractivity contribution in [2.75, 3.05) is 13.1 Å². The Kier molecular flexibility index (Phi) is 5.29. The molecule has 6 heteroatoms. The predicted molar refractivity (Wildman–Crippen MR) is 70.2 cm³/mol. The molecule has 2 rings (SSSR count). The molecule has 0 aromatic rings. The van der Waals surface area contributed by atoms with E-state index in [1.165, 1.54) is 0 Å². The summed E-state index contributed by atoms with van der Waals surface area (Å²) in [5, 5.41) is 6.08. The monoisotopic (exact) mass is 292 g/mol. The normalized spacial score (nSPS) is 32.5. The van der Waals surface area contributed by atoms with E-state index in [1.54, 1.807) is 0 Å². The van der Waals surface area contributed by atoms with Gasteiger partial charge in [-0.05, 0) is 45.2 Å². The highest BCUT2D eigenvalue weighted by Gasteiger charge is 2.48. The molecular formula is C14H23F3N2O. The summed E-state index contributed by atoms with van der Waals surface area (Å²) in [7, 11) is 0. The molecule has 20 heavy (non-hydrogen) atoms. The first-order valence-corrected chi connectivity index (χ1v) is 7.56. The van der Waals surface area contributed by atoms with Crippen LogP contribution >= 0.6 is 0 Å². The van der Waals surface area contributed by atoms with Crippen LogP contribution in [0.4, 0.5) is 13.2 Å². The molecule has 0 bridgehead atoms. The zero-order chi connectivity index (χ0) is 14.6. The van der Waals surface area contributed by atoms with Gasteiger partial charge in [0.25, 0.3) is 0 Å². The van der Waals surface area contributed by atoms with Crippen LogP contribution in [0.1, 0.15) is 44.9 Å². The third-order valence-corrected chi connectivity index (χ3v) is 4.45. The van der Waals surface area contributed by atoms with Crippen LogP contribution < -0.4 is 10.6 Å². The first kappa shape index (κ1) is 15.6. The van der Waals surface area contributed by atoms with Gasteiger partial charge in [-0.1, -0.05) is 12.8 Å². The largest absolute Gasteiger partial charge is 0.392 e. The fraction of sp³-hybridized carbons (Fsp3) is 0.929. The first-order chi connectivity index (χ1) is 9.48. The molecule has 0 aromatic carbocycles. The van der Waals surface area contributed by atoms with Gasteiger partial charge in [-0.25, -0.2) is 0 Å². The van der Waals surface area contributed by atoms with Crippen LogP contribution in [0.5, 0.6) is 0 Å². The van der Waals surface area contributed by atoms with Gasteiger partial charge in [-0.2, -0.15) is 13.2 Å². The summed E-state index contributed by atoms with van der Waals surface area (Å²) in [5.74, 6) is -2.74. The fourth-order valence-electron chi connectivity index (χ4n) is 3.31. The number of rotatable bonds is 2. The van der Waals surface area contributed by atoms with E-state index in [9.17, 15) is 18.0 Å². The van der Waals surface area contributed by atoms with Crippen LogP contribution in [-0.2, 0) is 4.79 Å². The van der Waals surface area contributed by atoms with Crippen LogP contribution in [-0.4, -0.2) is 31.2 Å². The van der Waals surface area contributed by atoms with Crippen molar-refractivity contribution >= 4 is 5.91 Å². The standard InChI is InChI=1S/C14H23F3N2O/c15-14(16,17)12-6-2-1-5-11(12)13(20)19-10-4-3-8-18-9-7-10/h10-12,18H,1-9H2,(H,19,20). The van der Waals surface area contributed by atoms with Gasteiger partial charge in [0.2, 0.25) is 5.91 Å². The molecule has 2 aliphatic rings. The second kappa shape index (κ2) is 6.78. The highest BCUT2D eigenvalue weighted by Crippen LogP contribution is 2.41. The third-order valence-electron chi connectivity index (χ3n) is 4.45. The minimum Gasteiger partial charge on any atom is -0.353 e. The van der Waals surface area contributed by atoms with E-state index >= 15 is 0 Å². The van der Waals surface area contributed by atoms with Gasteiger partial charge in [0.15, 0.2) is 0 Å². The quantitative estimate of drug-likeness (QED) is 0.821. The van der Waals surface area contributed by atoms with Gasteiger partial charge in [0.1, 0.15) is 0 Å². The van der Waals surface area contributed by atoms with Crippen molar-refractivity contribution in [3.05, 3.63) is 0 Å². The number of hydrogen-bond acceptors (Lipinski definition) is 2. The maximum absolute atomic E-state index is 13.0. The molecule has 3 unspecified atom stereocenters. The second-order valence-electron chi connectivity index (χ2n) is 5.93. The molecular weight excluding hydrogens is 269 g/mol. The van der Waals surface area contributed by atoms with E-state index in [1.807, 2.05) is 0 Å². The maximum Gasteiger partial charge on any atom is 0.392 e. The molecule has 1 aliphatic heterocycles. The molecule has 3 atom stereocenters. The van der Waals surface area contributed by atoms with Crippen molar-refractivity contribution in [3.63, 3.8) is 0 Å². The molecule has 1 heterocycles. The van der Waals surface area contributed by atoms with E-state index in [2.05, 4.69) is 10.6 Å². The summed E-state index contributed by atoms with van der Waals surface area (Å²) >= 11 is 0. The molecule has 1 aliphatic carbocycles. The molecule has 1 amide bonds. The fourth-order valence-corrected chi connectivity index (χ4v) is 3.31. The SMILES string of the molecule is O=C(NC1CCCNCC1)C1CCCCC1C(F)(F)F. The van der Waals surface area contributed by atoms with Crippen molar-refractivity contribution in [2.45, 2.75) is 57.2 Å². The van der Waals surface area contributed by atoms with E-state index in [-0.39, 0.29) is 18.4 Å². The van der Waals surface area contributed by atoms with Gasteiger partial charge in [-0.3, -0.25) is 4.79 Å². The Morgan fingerprint density at radius 2 is 1.75 bits per heavy atom. The highest BCUT2D eigenvalue weighted by atomic mass is 19.4. The number of hydrogen-bond donors (Lipinski definition) is 2. The summed E-state index contributed by atoms with van der Waals surface area (Å²) < 4.78 is 39.0. The molecule has 3 nitrogen and oxygen atoms in total. The number of alkyl halides is 3. The molecule has 0 spiro atoms. The average molecular weight is 292 g/mol. The Balaban J connectivity index is 1.95. The van der Waals surface area contributed by atoms with Crippen LogP contribution in [0.2, 0.25) is 0 Å². The molecule has 2 fully saturated rings. The van der Waals surface area contributed by atoms with Gasteiger partial charge in [0.05, 0.1) is 5.92 Å². The molecule has 1 saturated heterocycles. The third kappa shape index (κ3) is 4.11. The molecule has 2 N–H and O–H groups in total. The number of amides is 1. The number of carbonyl (C=O) groups excluding carboxylic acids is 1. The van der Waals surface area contributed by atoms with Gasteiger partial charge >= 0.3 is 6.18 Å². The van der Waals surface area contributed by atoms with Crippen molar-refractivity contribution < 1.29 is 18.0 Å². The van der Waals surface area contributed by atoms with E-state index < -0.39 is 18.0 Å². The lowest BCUT2D eigenvalue weighted by Gasteiger charge is -2.33. The Labute approximate surface area is 117 Å². The summed E-state index contributed by atoms with van der Waals surface area (Å²) in [6.45, 7) is 1.74. The lowest BCUT2D eigenvalue weighted by atomic mass is 9.78. The second-order valence-corrected chi connectivity index (χ2v) is 5.93. The minimum atomic E-state index is -4.26. The molecule has 1 saturated carbocycles. The molecule has 0 radical (unpaired) electrons. The Morgan fingerprint density at radius 3 is 2.50 bits per heavy atom. The zero-order valence-corrected chi connectivity index (χ0v) is 11.6. The van der Waals surface area contributed by atoms with E-state index in [0.717, 1.165) is 38.8 Å². The summed E-state index contributed by atoms with van der Waals surface area (Å²) in [4.78, 5) is 12.2. The first-order valence-electron chi connectivity index (χ1n) is 7.56. The van der Waals surface area contributed by atoms with Crippen molar-refractivity contribution in [1.29, 1.82) is 0 Å². The number of carbonyl (C=O) groups is 1. The topological polar surface area (TPSA) is 41.1 Å². The summed E-state index contributed by atoms with van der Waals surface area (Å²) in [6.07, 6.45) is 0.0933. The van der Waals surface area contributed by atoms with Crippen LogP contribution in [0.25, 0.3) is 0 Å². The summed E-state index contributed by atoms with van der Waals surface area (Å²) in [5.41, 5.74) is 0. The number of halogens is 3. The van der Waals surface area contributed by atoms with Crippen LogP contribution in [0.15, 0.2) is 0 Å². The van der Waals surface area contributed by atoms with Crippen molar-refractivity contribution in [2.24, 2.45) is 11.8 Å². The van der Waals surface area contributed by atoms with E-state index in [0.29, 0.717) is 12.8 Å². The van der Waals surface area contributed by atoms with Gasteiger partial charge in [-0.15, -0.1) is 0 Å².